The first kappa shape index (κ1) is 19.0. The highest BCUT2D eigenvalue weighted by Crippen LogP contribution is 2.28. The van der Waals surface area contributed by atoms with Crippen LogP contribution in [0.25, 0.3) is 0 Å². The Morgan fingerprint density at radius 3 is 2.58 bits per heavy atom. The van der Waals surface area contributed by atoms with Gasteiger partial charge in [0.2, 0.25) is 0 Å². The van der Waals surface area contributed by atoms with E-state index in [1.807, 2.05) is 0 Å². The minimum atomic E-state index is -3.45. The molecule has 5 nitrogen and oxygen atoms in total. The predicted molar refractivity (Wildman–Crippen MR) is 101 cm³/mol. The molecular weight excluding hydrogens is 397 g/mol. The van der Waals surface area contributed by atoms with E-state index in [0.717, 1.165) is 0 Å². The van der Waals surface area contributed by atoms with E-state index in [1.54, 1.807) is 42.5 Å². The van der Waals surface area contributed by atoms with Crippen LogP contribution >= 0.6 is 23.2 Å². The van der Waals surface area contributed by atoms with Gasteiger partial charge in [-0.05, 0) is 36.8 Å². The zero-order valence-electron chi connectivity index (χ0n) is 13.8. The maximum absolute atomic E-state index is 12.7. The van der Waals surface area contributed by atoms with Crippen LogP contribution in [0.4, 0.5) is 0 Å². The molecule has 26 heavy (non-hydrogen) atoms. The summed E-state index contributed by atoms with van der Waals surface area (Å²) in [4.78, 5) is 14.1. The summed E-state index contributed by atoms with van der Waals surface area (Å²) in [5.74, 6) is 0.0823. The summed E-state index contributed by atoms with van der Waals surface area (Å²) in [6.07, 6.45) is 0.407. The Bertz CT molecular complexity index is 903. The number of likely N-dealkylation sites (tertiary alicyclic amines) is 1. The summed E-state index contributed by atoms with van der Waals surface area (Å²) in [7, 11) is -3.45. The Labute approximate surface area is 162 Å². The Morgan fingerprint density at radius 2 is 1.88 bits per heavy atom. The van der Waals surface area contributed by atoms with Crippen LogP contribution in [-0.4, -0.2) is 44.2 Å². The van der Waals surface area contributed by atoms with E-state index in [1.165, 1.54) is 11.0 Å². The number of carbonyl (C=O) groups is 1. The summed E-state index contributed by atoms with van der Waals surface area (Å²) >= 11 is 11.8. The molecule has 1 unspecified atom stereocenters. The van der Waals surface area contributed by atoms with Gasteiger partial charge in [-0.1, -0.05) is 41.4 Å². The minimum Gasteiger partial charge on any atom is -0.482 e. The number of nitrogens with zero attached hydrogens (tertiary/aromatic N) is 1. The standard InChI is InChI=1S/C18H17Cl2NO4S/c19-13-6-7-17(16(20)10-13)25-12-18(22)21-9-8-15(11-21)26(23,24)14-4-2-1-3-5-14/h1-7,10,15H,8-9,11-12H2. The Kier molecular flexibility index (Phi) is 5.75. The van der Waals surface area contributed by atoms with Crippen molar-refractivity contribution in [1.82, 2.24) is 4.90 Å². The van der Waals surface area contributed by atoms with Crippen LogP contribution in [0, 0.1) is 0 Å². The van der Waals surface area contributed by atoms with E-state index in [0.29, 0.717) is 28.8 Å². The molecule has 3 rings (SSSR count). The second kappa shape index (κ2) is 7.86. The van der Waals surface area contributed by atoms with E-state index >= 15 is 0 Å². The van der Waals surface area contributed by atoms with Crippen LogP contribution < -0.4 is 4.74 Å². The Morgan fingerprint density at radius 1 is 1.15 bits per heavy atom. The first-order chi connectivity index (χ1) is 12.4. The first-order valence-electron chi connectivity index (χ1n) is 8.02. The van der Waals surface area contributed by atoms with Crippen molar-refractivity contribution in [2.24, 2.45) is 0 Å². The average molecular weight is 414 g/mol. The highest BCUT2D eigenvalue weighted by molar-refractivity contribution is 7.92. The van der Waals surface area contributed by atoms with E-state index in [9.17, 15) is 13.2 Å². The van der Waals surface area contributed by atoms with Crippen molar-refractivity contribution in [1.29, 1.82) is 0 Å². The fraction of sp³-hybridized carbons (Fsp3) is 0.278. The van der Waals surface area contributed by atoms with E-state index < -0.39 is 15.1 Å². The summed E-state index contributed by atoms with van der Waals surface area (Å²) in [6, 6.07) is 13.0. The van der Waals surface area contributed by atoms with Gasteiger partial charge in [0.25, 0.3) is 5.91 Å². The number of carbonyl (C=O) groups excluding carboxylic acids is 1. The molecule has 138 valence electrons. The van der Waals surface area contributed by atoms with Crippen molar-refractivity contribution >= 4 is 38.9 Å². The lowest BCUT2D eigenvalue weighted by Crippen LogP contribution is -2.35. The molecule has 1 atom stereocenters. The number of hydrogen-bond acceptors (Lipinski definition) is 4. The zero-order valence-corrected chi connectivity index (χ0v) is 16.1. The minimum absolute atomic E-state index is 0.160. The molecule has 0 N–H and O–H groups in total. The smallest absolute Gasteiger partial charge is 0.260 e. The van der Waals surface area contributed by atoms with Crippen LogP contribution in [0.3, 0.4) is 0 Å². The third-order valence-corrected chi connectivity index (χ3v) is 6.98. The summed E-state index contributed by atoms with van der Waals surface area (Å²) in [6.45, 7) is 0.334. The fourth-order valence-electron chi connectivity index (χ4n) is 2.83. The molecule has 0 saturated carbocycles. The van der Waals surface area contributed by atoms with Gasteiger partial charge >= 0.3 is 0 Å². The predicted octanol–water partition coefficient (Wildman–Crippen LogP) is 3.45. The summed E-state index contributed by atoms with van der Waals surface area (Å²) in [5, 5.41) is 0.186. The van der Waals surface area contributed by atoms with Crippen molar-refractivity contribution in [2.75, 3.05) is 19.7 Å². The highest BCUT2D eigenvalue weighted by Gasteiger charge is 2.36. The van der Waals surface area contributed by atoms with Gasteiger partial charge in [0, 0.05) is 18.1 Å². The number of halogens is 2. The lowest BCUT2D eigenvalue weighted by atomic mass is 10.3. The normalized spacial score (nSPS) is 17.3. The zero-order chi connectivity index (χ0) is 18.7. The molecule has 1 heterocycles. The molecule has 2 aromatic rings. The maximum Gasteiger partial charge on any atom is 0.260 e. The highest BCUT2D eigenvalue weighted by atomic mass is 35.5. The van der Waals surface area contributed by atoms with Crippen LogP contribution in [0.15, 0.2) is 53.4 Å². The third kappa shape index (κ3) is 4.14. The lowest BCUT2D eigenvalue weighted by Gasteiger charge is -2.17. The van der Waals surface area contributed by atoms with Gasteiger partial charge in [0.1, 0.15) is 5.75 Å². The topological polar surface area (TPSA) is 63.7 Å². The van der Waals surface area contributed by atoms with Crippen LogP contribution in [0.1, 0.15) is 6.42 Å². The van der Waals surface area contributed by atoms with Crippen LogP contribution in [-0.2, 0) is 14.6 Å². The molecule has 1 amide bonds. The van der Waals surface area contributed by atoms with Gasteiger partial charge < -0.3 is 9.64 Å². The molecule has 1 fully saturated rings. The summed E-state index contributed by atoms with van der Waals surface area (Å²) in [5.41, 5.74) is 0. The Hall–Kier alpha value is -1.76. The number of sulfone groups is 1. The number of amides is 1. The molecular formula is C18H17Cl2NO4S. The molecule has 0 aliphatic carbocycles. The average Bonchev–Trinajstić information content (AvgIpc) is 3.12. The number of rotatable bonds is 5. The van der Waals surface area contributed by atoms with Gasteiger partial charge in [0.05, 0.1) is 15.2 Å². The second-order valence-corrected chi connectivity index (χ2v) is 9.04. The number of benzene rings is 2. The third-order valence-electron chi connectivity index (χ3n) is 4.25. The van der Waals surface area contributed by atoms with Crippen LogP contribution in [0.5, 0.6) is 5.75 Å². The second-order valence-electron chi connectivity index (χ2n) is 5.97. The number of hydrogen-bond donors (Lipinski definition) is 0. The maximum atomic E-state index is 12.7. The molecule has 0 aromatic heterocycles. The van der Waals surface area contributed by atoms with Gasteiger partial charge in [-0.2, -0.15) is 0 Å². The van der Waals surface area contributed by atoms with Crippen molar-refractivity contribution in [3.63, 3.8) is 0 Å². The van der Waals surface area contributed by atoms with Gasteiger partial charge in [-0.3, -0.25) is 4.79 Å². The summed E-state index contributed by atoms with van der Waals surface area (Å²) < 4.78 is 30.8. The van der Waals surface area contributed by atoms with E-state index in [-0.39, 0.29) is 24.0 Å². The van der Waals surface area contributed by atoms with E-state index in [2.05, 4.69) is 0 Å². The molecule has 8 heteroatoms. The monoisotopic (exact) mass is 413 g/mol. The van der Waals surface area contributed by atoms with E-state index in [4.69, 9.17) is 27.9 Å². The van der Waals surface area contributed by atoms with Crippen molar-refractivity contribution in [3.05, 3.63) is 58.6 Å². The van der Waals surface area contributed by atoms with Gasteiger partial charge in [-0.25, -0.2) is 8.42 Å². The molecule has 2 aromatic carbocycles. The Balaban J connectivity index is 1.61. The van der Waals surface area contributed by atoms with Crippen molar-refractivity contribution in [3.8, 4) is 5.75 Å². The molecule has 1 aliphatic heterocycles. The molecule has 1 aliphatic rings. The largest absolute Gasteiger partial charge is 0.482 e. The van der Waals surface area contributed by atoms with Gasteiger partial charge in [-0.15, -0.1) is 0 Å². The fourth-order valence-corrected chi connectivity index (χ4v) is 5.01. The quantitative estimate of drug-likeness (QED) is 0.752. The van der Waals surface area contributed by atoms with Crippen molar-refractivity contribution in [2.45, 2.75) is 16.6 Å². The SMILES string of the molecule is O=C(COc1ccc(Cl)cc1Cl)N1CCC(S(=O)(=O)c2ccccc2)C1. The van der Waals surface area contributed by atoms with Crippen LogP contribution in [0.2, 0.25) is 10.0 Å². The number of ether oxygens (including phenoxy) is 1. The molecule has 1 saturated heterocycles. The lowest BCUT2D eigenvalue weighted by molar-refractivity contribution is -0.132. The van der Waals surface area contributed by atoms with Crippen molar-refractivity contribution < 1.29 is 17.9 Å². The molecule has 0 spiro atoms. The van der Waals surface area contributed by atoms with Gasteiger partial charge in [0.15, 0.2) is 16.4 Å². The molecule has 0 bridgehead atoms. The molecule has 0 radical (unpaired) electrons. The first-order valence-corrected chi connectivity index (χ1v) is 10.3.